The van der Waals surface area contributed by atoms with Crippen LogP contribution in [0.1, 0.15) is 213 Å². The van der Waals surface area contributed by atoms with Gasteiger partial charge in [-0.25, -0.2) is 0 Å². The smallest absolute Gasteiger partial charge is 0.300 e. The summed E-state index contributed by atoms with van der Waals surface area (Å²) in [5.41, 5.74) is 0. The van der Waals surface area contributed by atoms with Gasteiger partial charge < -0.3 is 10.4 Å². The van der Waals surface area contributed by atoms with Crippen molar-refractivity contribution in [2.45, 2.75) is 213 Å². The fraction of sp³-hybridized carbons (Fsp3) is 0.972. The molecule has 0 rings (SSSR count). The van der Waals surface area contributed by atoms with Crippen LogP contribution in [0.25, 0.3) is 0 Å². The topological polar surface area (TPSA) is 49.3 Å². The third-order valence-electron chi connectivity index (χ3n) is 7.91. The largest absolute Gasteiger partial charge is 0.481 e. The molecule has 2 N–H and O–H groups in total. The highest BCUT2D eigenvalue weighted by atomic mass is 16.4. The molecule has 236 valence electrons. The number of hydrogen-bond acceptors (Lipinski definition) is 2. The van der Waals surface area contributed by atoms with Crippen LogP contribution in [0.15, 0.2) is 0 Å². The van der Waals surface area contributed by atoms with Crippen molar-refractivity contribution in [1.29, 1.82) is 0 Å². The molecule has 3 heteroatoms. The molecule has 0 spiro atoms. The van der Waals surface area contributed by atoms with Gasteiger partial charge in [0.05, 0.1) is 0 Å². The number of carboxylic acids is 1. The lowest BCUT2D eigenvalue weighted by molar-refractivity contribution is -0.134. The lowest BCUT2D eigenvalue weighted by Crippen LogP contribution is -2.16. The van der Waals surface area contributed by atoms with E-state index in [-0.39, 0.29) is 0 Å². The van der Waals surface area contributed by atoms with Crippen LogP contribution >= 0.6 is 0 Å². The quantitative estimate of drug-likeness (QED) is 0.0814. The average Bonchev–Trinajstić information content (AvgIpc) is 2.91. The first-order valence-electron chi connectivity index (χ1n) is 18.0. The van der Waals surface area contributed by atoms with Crippen LogP contribution in [0.3, 0.4) is 0 Å². The van der Waals surface area contributed by atoms with E-state index in [1.165, 1.54) is 206 Å². The summed E-state index contributed by atoms with van der Waals surface area (Å²) in [6.07, 6.45) is 43.8. The molecule has 0 aromatic rings. The van der Waals surface area contributed by atoms with Crippen molar-refractivity contribution in [3.8, 4) is 0 Å². The van der Waals surface area contributed by atoms with Crippen LogP contribution in [0, 0.1) is 0 Å². The Labute approximate surface area is 247 Å². The Morgan fingerprint density at radius 1 is 0.385 bits per heavy atom. The van der Waals surface area contributed by atoms with Gasteiger partial charge in [0.2, 0.25) is 0 Å². The highest BCUT2D eigenvalue weighted by Gasteiger charge is 1.96. The molecule has 0 fully saturated rings. The molecule has 0 radical (unpaired) electrons. The fourth-order valence-corrected chi connectivity index (χ4v) is 5.37. The molecule has 0 saturated carbocycles. The van der Waals surface area contributed by atoms with Crippen molar-refractivity contribution in [1.82, 2.24) is 5.32 Å². The Morgan fingerprint density at radius 3 is 0.718 bits per heavy atom. The molecule has 0 aliphatic heterocycles. The maximum atomic E-state index is 9.00. The average molecular weight is 554 g/mol. The zero-order chi connectivity index (χ0) is 28.9. The van der Waals surface area contributed by atoms with Crippen LogP contribution < -0.4 is 5.32 Å². The predicted octanol–water partition coefficient (Wildman–Crippen LogP) is 12.4. The number of carboxylic acid groups (broad SMARTS) is 1. The monoisotopic (exact) mass is 554 g/mol. The van der Waals surface area contributed by atoms with E-state index in [0.29, 0.717) is 0 Å². The van der Waals surface area contributed by atoms with E-state index in [4.69, 9.17) is 9.90 Å². The number of aliphatic carboxylic acids is 1. The van der Waals surface area contributed by atoms with Crippen LogP contribution in [-0.4, -0.2) is 24.2 Å². The summed E-state index contributed by atoms with van der Waals surface area (Å²) in [7, 11) is 0. The summed E-state index contributed by atoms with van der Waals surface area (Å²) in [5.74, 6) is -0.833. The normalized spacial score (nSPS) is 10.9. The summed E-state index contributed by atoms with van der Waals surface area (Å²) in [5, 5.41) is 11.1. The van der Waals surface area contributed by atoms with Gasteiger partial charge in [-0.05, 0) is 25.9 Å². The Kier molecular flexibility index (Phi) is 41.2. The van der Waals surface area contributed by atoms with Crippen LogP contribution in [0.5, 0.6) is 0 Å². The maximum absolute atomic E-state index is 9.00. The second kappa shape index (κ2) is 39.6. The summed E-state index contributed by atoms with van der Waals surface area (Å²) < 4.78 is 0. The second-order valence-corrected chi connectivity index (χ2v) is 12.2. The van der Waals surface area contributed by atoms with E-state index in [1.54, 1.807) is 0 Å². The van der Waals surface area contributed by atoms with E-state index < -0.39 is 5.97 Å². The molecule has 0 unspecified atom stereocenters. The van der Waals surface area contributed by atoms with E-state index in [0.717, 1.165) is 6.92 Å². The minimum Gasteiger partial charge on any atom is -0.481 e. The minimum atomic E-state index is -0.833. The van der Waals surface area contributed by atoms with Crippen LogP contribution in [0.4, 0.5) is 0 Å². The molecule has 0 heterocycles. The van der Waals surface area contributed by atoms with Gasteiger partial charge in [-0.15, -0.1) is 0 Å². The molecule has 39 heavy (non-hydrogen) atoms. The van der Waals surface area contributed by atoms with Crippen molar-refractivity contribution < 1.29 is 9.90 Å². The number of carbonyl (C=O) groups is 1. The van der Waals surface area contributed by atoms with Crippen molar-refractivity contribution >= 4 is 5.97 Å². The number of unbranched alkanes of at least 4 members (excludes halogenated alkanes) is 28. The Bertz CT molecular complexity index is 390. The second-order valence-electron chi connectivity index (χ2n) is 12.2. The van der Waals surface area contributed by atoms with Gasteiger partial charge in [0.25, 0.3) is 5.97 Å². The minimum absolute atomic E-state index is 0.833. The number of nitrogens with one attached hydrogen (secondary N) is 1. The first-order valence-corrected chi connectivity index (χ1v) is 18.0. The van der Waals surface area contributed by atoms with Crippen LogP contribution in [-0.2, 0) is 4.79 Å². The first-order chi connectivity index (χ1) is 19.1. The molecule has 0 bridgehead atoms. The van der Waals surface area contributed by atoms with Gasteiger partial charge in [0.15, 0.2) is 0 Å². The third-order valence-corrected chi connectivity index (χ3v) is 7.91. The first kappa shape index (κ1) is 40.6. The van der Waals surface area contributed by atoms with Gasteiger partial charge >= 0.3 is 0 Å². The number of rotatable bonds is 32. The van der Waals surface area contributed by atoms with Crippen molar-refractivity contribution in [3.05, 3.63) is 0 Å². The van der Waals surface area contributed by atoms with E-state index in [1.807, 2.05) is 0 Å². The van der Waals surface area contributed by atoms with Gasteiger partial charge in [0, 0.05) is 6.92 Å². The summed E-state index contributed by atoms with van der Waals surface area (Å²) in [6, 6.07) is 0. The number of hydrogen-bond donors (Lipinski definition) is 2. The van der Waals surface area contributed by atoms with Crippen molar-refractivity contribution in [3.63, 3.8) is 0 Å². The highest BCUT2D eigenvalue weighted by Crippen LogP contribution is 2.15. The van der Waals surface area contributed by atoms with Gasteiger partial charge in [-0.3, -0.25) is 4.79 Å². The molecule has 0 aromatic carbocycles. The van der Waals surface area contributed by atoms with Gasteiger partial charge in [0.1, 0.15) is 0 Å². The van der Waals surface area contributed by atoms with Gasteiger partial charge in [-0.2, -0.15) is 0 Å². The molecular weight excluding hydrogens is 478 g/mol. The standard InChI is InChI=1S/C34H71N.C2H4O2/c1-3-5-7-9-11-12-13-14-15-16-17-18-19-20-21-22-23-24-25-26-27-28-30-32-34-35-33-31-29-10-8-6-4-2;1-2(3)4/h35H,3-34H2,1-2H3;1H3,(H,3,4). The molecule has 0 aliphatic carbocycles. The predicted molar refractivity (Wildman–Crippen MR) is 176 cm³/mol. The Balaban J connectivity index is 0. The zero-order valence-electron chi connectivity index (χ0n) is 27.5. The molecule has 0 aromatic heterocycles. The summed E-state index contributed by atoms with van der Waals surface area (Å²) in [6.45, 7) is 8.17. The molecule has 0 amide bonds. The molecule has 0 saturated heterocycles. The van der Waals surface area contributed by atoms with E-state index in [2.05, 4.69) is 19.2 Å². The molecule has 3 nitrogen and oxygen atoms in total. The third kappa shape index (κ3) is 47.6. The van der Waals surface area contributed by atoms with E-state index in [9.17, 15) is 0 Å². The van der Waals surface area contributed by atoms with Crippen molar-refractivity contribution in [2.75, 3.05) is 13.1 Å². The highest BCUT2D eigenvalue weighted by molar-refractivity contribution is 5.62. The van der Waals surface area contributed by atoms with E-state index >= 15 is 0 Å². The molecule has 0 aliphatic rings. The lowest BCUT2D eigenvalue weighted by Gasteiger charge is -2.05. The molecular formula is C36H75NO2. The summed E-state index contributed by atoms with van der Waals surface area (Å²) in [4.78, 5) is 9.00. The zero-order valence-corrected chi connectivity index (χ0v) is 27.5. The summed E-state index contributed by atoms with van der Waals surface area (Å²) >= 11 is 0. The maximum Gasteiger partial charge on any atom is 0.300 e. The Hall–Kier alpha value is -0.570. The van der Waals surface area contributed by atoms with Crippen LogP contribution in [0.2, 0.25) is 0 Å². The van der Waals surface area contributed by atoms with Crippen molar-refractivity contribution in [2.24, 2.45) is 0 Å². The molecule has 0 atom stereocenters. The Morgan fingerprint density at radius 2 is 0.538 bits per heavy atom. The SMILES string of the molecule is CC(=O)O.CCCCCCCCCCCCCCCCCCCCCCCCCCNCCCCCCCC. The lowest BCUT2D eigenvalue weighted by atomic mass is 10.0. The fourth-order valence-electron chi connectivity index (χ4n) is 5.37. The van der Waals surface area contributed by atoms with Gasteiger partial charge in [-0.1, -0.05) is 194 Å².